The summed E-state index contributed by atoms with van der Waals surface area (Å²) < 4.78 is 0. The largest absolute Gasteiger partial charge is 0.185 e. The van der Waals surface area contributed by atoms with Gasteiger partial charge in [0, 0.05) is 9.94 Å². The molecule has 0 unspecified atom stereocenters. The Morgan fingerprint density at radius 3 is 2.57 bits per heavy atom. The van der Waals surface area contributed by atoms with Gasteiger partial charge in [-0.15, -0.1) is 0 Å². The minimum Gasteiger partial charge on any atom is -0.185 e. The van der Waals surface area contributed by atoms with Crippen molar-refractivity contribution >= 4 is 23.4 Å². The summed E-state index contributed by atoms with van der Waals surface area (Å²) >= 11 is 7.54. The van der Waals surface area contributed by atoms with Crippen LogP contribution in [0.2, 0.25) is 0 Å². The van der Waals surface area contributed by atoms with Crippen LogP contribution in [0.5, 0.6) is 0 Å². The van der Waals surface area contributed by atoms with E-state index in [2.05, 4.69) is 5.40 Å². The van der Waals surface area contributed by atoms with Crippen LogP contribution in [0.1, 0.15) is 38.5 Å². The molecule has 0 aromatic carbocycles. The first-order chi connectivity index (χ1) is 6.83. The van der Waals surface area contributed by atoms with Gasteiger partial charge in [0.15, 0.2) is 0 Å². The molecule has 74 valence electrons. The van der Waals surface area contributed by atoms with Crippen molar-refractivity contribution in [3.8, 4) is 5.40 Å². The molecule has 0 heterocycles. The van der Waals surface area contributed by atoms with Crippen molar-refractivity contribution in [3.63, 3.8) is 0 Å². The van der Waals surface area contributed by atoms with E-state index in [1.807, 2.05) is 0 Å². The van der Waals surface area contributed by atoms with E-state index in [4.69, 9.17) is 16.9 Å². The van der Waals surface area contributed by atoms with Crippen LogP contribution in [0.25, 0.3) is 0 Å². The van der Waals surface area contributed by atoms with Gasteiger partial charge >= 0.3 is 0 Å². The SMILES string of the molecule is N#CSC1=C2CCCC(Cl)=C2CCC1. The number of rotatable bonds is 1. The molecule has 0 N–H and O–H groups in total. The maximum absolute atomic E-state index is 8.70. The second-order valence-electron chi connectivity index (χ2n) is 3.69. The zero-order valence-corrected chi connectivity index (χ0v) is 9.55. The summed E-state index contributed by atoms with van der Waals surface area (Å²) in [5.74, 6) is 0. The van der Waals surface area contributed by atoms with Crippen molar-refractivity contribution in [2.45, 2.75) is 38.5 Å². The van der Waals surface area contributed by atoms with Crippen LogP contribution < -0.4 is 0 Å². The molecule has 0 fully saturated rings. The van der Waals surface area contributed by atoms with Crippen molar-refractivity contribution in [2.24, 2.45) is 0 Å². The summed E-state index contributed by atoms with van der Waals surface area (Å²) in [4.78, 5) is 1.27. The fourth-order valence-electron chi connectivity index (χ4n) is 2.22. The monoisotopic (exact) mass is 225 g/mol. The summed E-state index contributed by atoms with van der Waals surface area (Å²) in [7, 11) is 0. The molecule has 0 aliphatic heterocycles. The molecule has 0 spiro atoms. The molecule has 1 nitrogen and oxygen atoms in total. The molecule has 0 amide bonds. The highest BCUT2D eigenvalue weighted by Crippen LogP contribution is 2.43. The van der Waals surface area contributed by atoms with Crippen LogP contribution in [-0.4, -0.2) is 0 Å². The lowest BCUT2D eigenvalue weighted by molar-refractivity contribution is 0.702. The summed E-state index contributed by atoms with van der Waals surface area (Å²) in [6.45, 7) is 0. The van der Waals surface area contributed by atoms with Gasteiger partial charge in [0.05, 0.1) is 0 Å². The molecule has 2 rings (SSSR count). The molecule has 0 saturated carbocycles. The fraction of sp³-hybridized carbons (Fsp3) is 0.545. The number of halogens is 1. The number of hydrogen-bond donors (Lipinski definition) is 0. The van der Waals surface area contributed by atoms with Crippen molar-refractivity contribution in [2.75, 3.05) is 0 Å². The lowest BCUT2D eigenvalue weighted by Gasteiger charge is -2.26. The van der Waals surface area contributed by atoms with Gasteiger partial charge in [0.1, 0.15) is 5.40 Å². The molecule has 0 bridgehead atoms. The van der Waals surface area contributed by atoms with Crippen LogP contribution >= 0.6 is 23.4 Å². The number of nitrogens with zero attached hydrogens (tertiary/aromatic N) is 1. The van der Waals surface area contributed by atoms with E-state index in [9.17, 15) is 0 Å². The predicted molar refractivity (Wildman–Crippen MR) is 60.8 cm³/mol. The summed E-state index contributed by atoms with van der Waals surface area (Å²) in [5.41, 5.74) is 2.74. The lowest BCUT2D eigenvalue weighted by Crippen LogP contribution is -2.07. The first kappa shape index (κ1) is 10.1. The molecular formula is C11H12ClNS. The molecule has 2 aliphatic rings. The molecule has 14 heavy (non-hydrogen) atoms. The van der Waals surface area contributed by atoms with Crippen LogP contribution in [0.15, 0.2) is 21.1 Å². The molecule has 0 radical (unpaired) electrons. The Labute approximate surface area is 93.8 Å². The van der Waals surface area contributed by atoms with Gasteiger partial charge in [-0.25, -0.2) is 0 Å². The second-order valence-corrected chi connectivity index (χ2v) is 5.02. The van der Waals surface area contributed by atoms with Gasteiger partial charge in [-0.3, -0.25) is 0 Å². The molecular weight excluding hydrogens is 214 g/mol. The van der Waals surface area contributed by atoms with Crippen LogP contribution in [-0.2, 0) is 0 Å². The molecule has 0 saturated heterocycles. The van der Waals surface area contributed by atoms with Crippen molar-refractivity contribution in [1.29, 1.82) is 5.26 Å². The Kier molecular flexibility index (Phi) is 3.20. The third-order valence-electron chi connectivity index (χ3n) is 2.85. The van der Waals surface area contributed by atoms with Crippen molar-refractivity contribution in [3.05, 3.63) is 21.1 Å². The van der Waals surface area contributed by atoms with E-state index in [1.165, 1.54) is 27.8 Å². The van der Waals surface area contributed by atoms with Gasteiger partial charge in [0.25, 0.3) is 0 Å². The highest BCUT2D eigenvalue weighted by Gasteiger charge is 2.23. The van der Waals surface area contributed by atoms with Crippen LogP contribution in [0.4, 0.5) is 0 Å². The first-order valence-corrected chi connectivity index (χ1v) is 6.18. The zero-order valence-electron chi connectivity index (χ0n) is 7.98. The van der Waals surface area contributed by atoms with Crippen LogP contribution in [0.3, 0.4) is 0 Å². The summed E-state index contributed by atoms with van der Waals surface area (Å²) in [5, 5.41) is 11.9. The van der Waals surface area contributed by atoms with Gasteiger partial charge in [0.2, 0.25) is 0 Å². The van der Waals surface area contributed by atoms with E-state index in [1.54, 1.807) is 0 Å². The maximum Gasteiger partial charge on any atom is 0.138 e. The topological polar surface area (TPSA) is 23.8 Å². The van der Waals surface area contributed by atoms with E-state index < -0.39 is 0 Å². The van der Waals surface area contributed by atoms with Gasteiger partial charge < -0.3 is 0 Å². The summed E-state index contributed by atoms with van der Waals surface area (Å²) in [6, 6.07) is 0. The Morgan fingerprint density at radius 1 is 1.07 bits per heavy atom. The third kappa shape index (κ3) is 1.85. The Morgan fingerprint density at radius 2 is 1.79 bits per heavy atom. The number of fused-ring (bicyclic) bond motifs is 1. The van der Waals surface area contributed by atoms with E-state index >= 15 is 0 Å². The number of hydrogen-bond acceptors (Lipinski definition) is 2. The number of allylic oxidation sites excluding steroid dienone is 4. The van der Waals surface area contributed by atoms with Gasteiger partial charge in [-0.2, -0.15) is 5.26 Å². The molecule has 0 aromatic heterocycles. The van der Waals surface area contributed by atoms with Crippen molar-refractivity contribution < 1.29 is 0 Å². The van der Waals surface area contributed by atoms with E-state index in [0.717, 1.165) is 43.6 Å². The summed E-state index contributed by atoms with van der Waals surface area (Å²) in [6.07, 6.45) is 6.64. The van der Waals surface area contributed by atoms with Gasteiger partial charge in [-0.1, -0.05) is 11.6 Å². The average Bonchev–Trinajstić information content (AvgIpc) is 2.20. The Hall–Kier alpha value is -0.390. The molecule has 0 aromatic rings. The third-order valence-corrected chi connectivity index (χ3v) is 4.06. The second kappa shape index (κ2) is 4.42. The van der Waals surface area contributed by atoms with Gasteiger partial charge in [-0.05, 0) is 61.4 Å². The van der Waals surface area contributed by atoms with Crippen molar-refractivity contribution in [1.82, 2.24) is 0 Å². The minimum atomic E-state index is 1.03. The normalized spacial score (nSPS) is 22.0. The van der Waals surface area contributed by atoms with E-state index in [0.29, 0.717) is 0 Å². The lowest BCUT2D eigenvalue weighted by atomic mass is 9.85. The maximum atomic E-state index is 8.70. The minimum absolute atomic E-state index is 1.03. The Balaban J connectivity index is 2.39. The highest BCUT2D eigenvalue weighted by atomic mass is 35.5. The number of thioether (sulfide) groups is 1. The number of thiocyanates is 1. The Bertz CT molecular complexity index is 349. The highest BCUT2D eigenvalue weighted by molar-refractivity contribution is 8.07. The fourth-order valence-corrected chi connectivity index (χ4v) is 3.27. The standard InChI is InChI=1S/C11H12ClNS/c12-10-5-1-4-9-8(10)3-2-6-11(9)14-7-13/h1-6H2. The zero-order chi connectivity index (χ0) is 9.97. The number of nitriles is 1. The van der Waals surface area contributed by atoms with E-state index in [-0.39, 0.29) is 0 Å². The average molecular weight is 226 g/mol. The first-order valence-electron chi connectivity index (χ1n) is 4.99. The van der Waals surface area contributed by atoms with Crippen LogP contribution in [0, 0.1) is 10.7 Å². The predicted octanol–water partition coefficient (Wildman–Crippen LogP) is 4.32. The molecule has 2 aliphatic carbocycles. The smallest absolute Gasteiger partial charge is 0.138 e. The molecule has 0 atom stereocenters. The quantitative estimate of drug-likeness (QED) is 0.621. The molecule has 3 heteroatoms.